The van der Waals surface area contributed by atoms with Gasteiger partial charge in [0.2, 0.25) is 0 Å². The van der Waals surface area contributed by atoms with Gasteiger partial charge in [-0.3, -0.25) is 0 Å². The molecule has 30 heavy (non-hydrogen) atoms. The van der Waals surface area contributed by atoms with Crippen molar-refractivity contribution in [2.45, 2.75) is 0 Å². The van der Waals surface area contributed by atoms with E-state index in [0.717, 1.165) is 39.7 Å². The van der Waals surface area contributed by atoms with Crippen molar-refractivity contribution in [3.63, 3.8) is 0 Å². The van der Waals surface area contributed by atoms with Crippen molar-refractivity contribution in [2.75, 3.05) is 4.90 Å². The molecule has 4 nitrogen and oxygen atoms in total. The van der Waals surface area contributed by atoms with Crippen LogP contribution in [0.3, 0.4) is 0 Å². The van der Waals surface area contributed by atoms with Gasteiger partial charge in [-0.25, -0.2) is 9.69 Å². The summed E-state index contributed by atoms with van der Waals surface area (Å²) in [6.45, 7) is 14.6. The Morgan fingerprint density at radius 1 is 0.600 bits per heavy atom. The molecule has 0 bridgehead atoms. The summed E-state index contributed by atoms with van der Waals surface area (Å²) in [5, 5.41) is 0. The number of anilines is 3. The van der Waals surface area contributed by atoms with E-state index in [9.17, 15) is 0 Å². The lowest BCUT2D eigenvalue weighted by Crippen LogP contribution is -2.15. The molecular weight excluding hydrogens is 370 g/mol. The molecule has 0 fully saturated rings. The van der Waals surface area contributed by atoms with Gasteiger partial charge in [0.25, 0.3) is 0 Å². The van der Waals surface area contributed by atoms with Crippen LogP contribution >= 0.6 is 0 Å². The molecule has 0 radical (unpaired) electrons. The lowest BCUT2D eigenvalue weighted by Gasteiger charge is -2.32. The fraction of sp³-hybridized carbons (Fsp3) is 0. The maximum atomic E-state index is 7.28. The molecule has 4 aromatic rings. The Bertz CT molecular complexity index is 1270. The average molecular weight is 385 g/mol. The van der Waals surface area contributed by atoms with Crippen molar-refractivity contribution in [1.82, 2.24) is 0 Å². The predicted molar refractivity (Wildman–Crippen MR) is 119 cm³/mol. The highest BCUT2D eigenvalue weighted by Crippen LogP contribution is 2.50. The van der Waals surface area contributed by atoms with Crippen LogP contribution in [0.1, 0.15) is 0 Å². The third kappa shape index (κ3) is 2.94. The molecule has 140 valence electrons. The molecular formula is C26H15N3O. The van der Waals surface area contributed by atoms with Crippen molar-refractivity contribution in [2.24, 2.45) is 0 Å². The van der Waals surface area contributed by atoms with Gasteiger partial charge in [-0.05, 0) is 47.5 Å². The SMILES string of the molecule is [C-]#[N+]c1cc([N+]#[C-])cc(-c2ccc(N3c4ccccc4Oc4ccccc43)cc2)c1. The first-order valence-electron chi connectivity index (χ1n) is 9.43. The molecule has 0 amide bonds. The highest BCUT2D eigenvalue weighted by molar-refractivity contribution is 5.87. The molecule has 0 spiro atoms. The second-order valence-corrected chi connectivity index (χ2v) is 6.88. The monoisotopic (exact) mass is 385 g/mol. The molecule has 0 aliphatic carbocycles. The molecule has 4 aromatic carbocycles. The van der Waals surface area contributed by atoms with Gasteiger partial charge in [0.1, 0.15) is 0 Å². The fourth-order valence-corrected chi connectivity index (χ4v) is 3.68. The van der Waals surface area contributed by atoms with Crippen LogP contribution in [0.15, 0.2) is 91.0 Å². The summed E-state index contributed by atoms with van der Waals surface area (Å²) in [7, 11) is 0. The minimum atomic E-state index is 0.471. The van der Waals surface area contributed by atoms with Gasteiger partial charge in [0, 0.05) is 5.69 Å². The van der Waals surface area contributed by atoms with Crippen LogP contribution in [0.4, 0.5) is 28.4 Å². The van der Waals surface area contributed by atoms with E-state index < -0.39 is 0 Å². The van der Waals surface area contributed by atoms with Crippen LogP contribution in [0.25, 0.3) is 20.8 Å². The van der Waals surface area contributed by atoms with E-state index in [0.29, 0.717) is 11.4 Å². The zero-order valence-corrected chi connectivity index (χ0v) is 15.9. The van der Waals surface area contributed by atoms with Crippen LogP contribution in [-0.2, 0) is 0 Å². The van der Waals surface area contributed by atoms with E-state index in [1.54, 1.807) is 6.07 Å². The lowest BCUT2D eigenvalue weighted by atomic mass is 10.0. The van der Waals surface area contributed by atoms with E-state index in [1.807, 2.05) is 72.8 Å². The number of rotatable bonds is 2. The van der Waals surface area contributed by atoms with Gasteiger partial charge in [0.05, 0.1) is 24.5 Å². The quantitative estimate of drug-likeness (QED) is 0.287. The van der Waals surface area contributed by atoms with E-state index in [4.69, 9.17) is 17.9 Å². The molecule has 1 aliphatic heterocycles. The zero-order chi connectivity index (χ0) is 20.5. The first-order valence-corrected chi connectivity index (χ1v) is 9.43. The second kappa shape index (κ2) is 7.13. The highest BCUT2D eigenvalue weighted by Gasteiger charge is 2.25. The highest BCUT2D eigenvalue weighted by atomic mass is 16.5. The van der Waals surface area contributed by atoms with Gasteiger partial charge in [-0.2, -0.15) is 0 Å². The van der Waals surface area contributed by atoms with E-state index in [2.05, 4.69) is 26.7 Å². The van der Waals surface area contributed by atoms with Gasteiger partial charge >= 0.3 is 0 Å². The molecule has 0 saturated heterocycles. The minimum absolute atomic E-state index is 0.471. The Morgan fingerprint density at radius 3 is 1.67 bits per heavy atom. The Hall–Kier alpha value is -4.54. The Labute approximate surface area is 174 Å². The fourth-order valence-electron chi connectivity index (χ4n) is 3.68. The molecule has 0 N–H and O–H groups in total. The number of hydrogen-bond acceptors (Lipinski definition) is 2. The van der Waals surface area contributed by atoms with Gasteiger partial charge < -0.3 is 9.64 Å². The largest absolute Gasteiger partial charge is 0.453 e. The van der Waals surface area contributed by atoms with Crippen LogP contribution in [0.5, 0.6) is 11.5 Å². The smallest absolute Gasteiger partial charge is 0.177 e. The Balaban J connectivity index is 1.60. The van der Waals surface area contributed by atoms with Crippen molar-refractivity contribution < 1.29 is 4.74 Å². The normalized spacial score (nSPS) is 11.5. The summed E-state index contributed by atoms with van der Waals surface area (Å²) in [6, 6.07) is 29.3. The Morgan fingerprint density at radius 2 is 1.13 bits per heavy atom. The lowest BCUT2D eigenvalue weighted by molar-refractivity contribution is 0.477. The summed E-state index contributed by atoms with van der Waals surface area (Å²) in [5.74, 6) is 1.62. The third-order valence-corrected chi connectivity index (χ3v) is 5.05. The first-order chi connectivity index (χ1) is 14.8. The summed E-state index contributed by atoms with van der Waals surface area (Å²) < 4.78 is 6.08. The number of ether oxygens (including phenoxy) is 1. The summed E-state index contributed by atoms with van der Waals surface area (Å²) >= 11 is 0. The molecule has 4 heteroatoms. The maximum Gasteiger partial charge on any atom is 0.177 e. The number of nitrogens with zero attached hydrogens (tertiary/aromatic N) is 3. The van der Waals surface area contributed by atoms with Crippen molar-refractivity contribution >= 4 is 28.4 Å². The average Bonchev–Trinajstić information content (AvgIpc) is 2.82. The van der Waals surface area contributed by atoms with E-state index in [1.165, 1.54) is 0 Å². The van der Waals surface area contributed by atoms with Crippen LogP contribution in [-0.4, -0.2) is 0 Å². The van der Waals surface area contributed by atoms with Gasteiger partial charge in [-0.15, -0.1) is 0 Å². The minimum Gasteiger partial charge on any atom is -0.453 e. The third-order valence-electron chi connectivity index (χ3n) is 5.05. The topological polar surface area (TPSA) is 21.2 Å². The molecule has 0 saturated carbocycles. The number of benzene rings is 4. The number of hydrogen-bond donors (Lipinski definition) is 0. The van der Waals surface area contributed by atoms with Crippen molar-refractivity contribution in [3.8, 4) is 22.6 Å². The van der Waals surface area contributed by atoms with Gasteiger partial charge in [0.15, 0.2) is 22.9 Å². The predicted octanol–water partition coefficient (Wildman–Crippen LogP) is 8.03. The summed E-state index contributed by atoms with van der Waals surface area (Å²) in [5.41, 5.74) is 5.74. The zero-order valence-electron chi connectivity index (χ0n) is 15.9. The van der Waals surface area contributed by atoms with Crippen molar-refractivity contribution in [1.29, 1.82) is 0 Å². The first kappa shape index (κ1) is 17.6. The maximum absolute atomic E-state index is 7.28. The van der Waals surface area contributed by atoms with Crippen LogP contribution in [0, 0.1) is 13.1 Å². The van der Waals surface area contributed by atoms with E-state index in [-0.39, 0.29) is 0 Å². The molecule has 1 heterocycles. The molecule has 0 aromatic heterocycles. The van der Waals surface area contributed by atoms with Crippen molar-refractivity contribution in [3.05, 3.63) is 114 Å². The molecule has 1 aliphatic rings. The molecule has 5 rings (SSSR count). The summed E-state index contributed by atoms with van der Waals surface area (Å²) in [4.78, 5) is 9.16. The standard InChI is InChI=1S/C26H15N3O/c1-27-20-15-19(16-21(17-20)28-2)18-11-13-22(14-12-18)29-23-7-3-5-9-25(23)30-26-10-6-4-8-24(26)29/h3-17H. The molecule has 0 atom stereocenters. The van der Waals surface area contributed by atoms with E-state index >= 15 is 0 Å². The van der Waals surface area contributed by atoms with Crippen LogP contribution < -0.4 is 9.64 Å². The van der Waals surface area contributed by atoms with Crippen LogP contribution in [0.2, 0.25) is 0 Å². The number of para-hydroxylation sites is 4. The van der Waals surface area contributed by atoms with Gasteiger partial charge in [-0.1, -0.05) is 54.6 Å². The molecule has 0 unspecified atom stereocenters. The second-order valence-electron chi connectivity index (χ2n) is 6.88. The number of fused-ring (bicyclic) bond motifs is 2. The Kier molecular flexibility index (Phi) is 4.17. The summed E-state index contributed by atoms with van der Waals surface area (Å²) in [6.07, 6.45) is 0.